The molecule has 1 amide bonds. The van der Waals surface area contributed by atoms with Crippen LogP contribution in [0.15, 0.2) is 97.1 Å². The van der Waals surface area contributed by atoms with Crippen LogP contribution in [0.5, 0.6) is 5.75 Å². The molecule has 1 N–H and O–H groups in total. The van der Waals surface area contributed by atoms with Gasteiger partial charge in [0.2, 0.25) is 0 Å². The van der Waals surface area contributed by atoms with Gasteiger partial charge in [-0.25, -0.2) is 4.79 Å². The molecule has 0 spiro atoms. The van der Waals surface area contributed by atoms with Crippen molar-refractivity contribution in [2.45, 2.75) is 52.2 Å². The van der Waals surface area contributed by atoms with Crippen molar-refractivity contribution in [1.82, 2.24) is 0 Å². The van der Waals surface area contributed by atoms with Crippen molar-refractivity contribution < 1.29 is 19.1 Å². The molecule has 0 bridgehead atoms. The highest BCUT2D eigenvalue weighted by Gasteiger charge is 2.24. The van der Waals surface area contributed by atoms with E-state index in [0.29, 0.717) is 23.6 Å². The Labute approximate surface area is 248 Å². The van der Waals surface area contributed by atoms with Crippen LogP contribution in [-0.4, -0.2) is 30.6 Å². The number of ether oxygens (including phenoxy) is 2. The fourth-order valence-electron chi connectivity index (χ4n) is 5.06. The van der Waals surface area contributed by atoms with Gasteiger partial charge in [0.25, 0.3) is 5.91 Å². The van der Waals surface area contributed by atoms with Gasteiger partial charge in [-0.1, -0.05) is 66.7 Å². The largest absolute Gasteiger partial charge is 0.488 e. The predicted molar refractivity (Wildman–Crippen MR) is 168 cm³/mol. The summed E-state index contributed by atoms with van der Waals surface area (Å²) in [5.74, 6) is -0.373. The quantitative estimate of drug-likeness (QED) is 0.220. The van der Waals surface area contributed by atoms with E-state index in [0.717, 1.165) is 48.3 Å². The highest BCUT2D eigenvalue weighted by molar-refractivity contribution is 6.10. The third kappa shape index (κ3) is 7.38. The highest BCUT2D eigenvalue weighted by Crippen LogP contribution is 2.31. The van der Waals surface area contributed by atoms with Gasteiger partial charge in [-0.2, -0.15) is 0 Å². The van der Waals surface area contributed by atoms with Crippen molar-refractivity contribution >= 4 is 23.3 Å². The highest BCUT2D eigenvalue weighted by atomic mass is 16.6. The number of nitrogens with zero attached hydrogens (tertiary/aromatic N) is 1. The van der Waals surface area contributed by atoms with Gasteiger partial charge in [-0.3, -0.25) is 4.79 Å². The minimum atomic E-state index is -0.683. The summed E-state index contributed by atoms with van der Waals surface area (Å²) in [6.45, 7) is 7.70. The fraction of sp³-hybridized carbons (Fsp3) is 0.278. The molecule has 0 aliphatic carbocycles. The molecular formula is C36H38N2O4. The number of esters is 1. The van der Waals surface area contributed by atoms with Gasteiger partial charge in [-0.05, 0) is 87.1 Å². The number of amides is 1. The Kier molecular flexibility index (Phi) is 8.91. The first-order chi connectivity index (χ1) is 20.3. The Hall–Kier alpha value is -4.58. The van der Waals surface area contributed by atoms with Crippen LogP contribution >= 0.6 is 0 Å². The smallest absolute Gasteiger partial charge is 0.340 e. The Morgan fingerprint density at radius 2 is 1.45 bits per heavy atom. The lowest BCUT2D eigenvalue weighted by Gasteiger charge is -2.29. The van der Waals surface area contributed by atoms with Gasteiger partial charge in [0, 0.05) is 18.8 Å². The zero-order chi connectivity index (χ0) is 29.5. The SMILES string of the molecule is CC(C)(C)OC(=O)c1ccc(-c2ccccc2)cc1NC(=O)c1cc(N2CCCCC2)ccc1OCc1ccccc1. The summed E-state index contributed by atoms with van der Waals surface area (Å²) < 4.78 is 11.9. The third-order valence-electron chi connectivity index (χ3n) is 7.16. The van der Waals surface area contributed by atoms with E-state index in [4.69, 9.17) is 9.47 Å². The summed E-state index contributed by atoms with van der Waals surface area (Å²) in [7, 11) is 0. The normalized spacial score (nSPS) is 13.4. The van der Waals surface area contributed by atoms with E-state index in [1.54, 1.807) is 6.07 Å². The number of benzene rings is 4. The Balaban J connectivity index is 1.50. The standard InChI is InChI=1S/C36H38N2O4/c1-36(2,3)42-35(40)30-19-17-28(27-15-9-5-10-16-27)23-32(30)37-34(39)31-24-29(38-21-11-6-12-22-38)18-20-33(31)41-25-26-13-7-4-8-14-26/h4-5,7-10,13-20,23-24H,6,11-12,21-22,25H2,1-3H3,(H,37,39). The topological polar surface area (TPSA) is 67.9 Å². The van der Waals surface area contributed by atoms with E-state index in [1.165, 1.54) is 6.42 Å². The number of hydrogen-bond donors (Lipinski definition) is 1. The molecule has 0 unspecified atom stereocenters. The summed E-state index contributed by atoms with van der Waals surface area (Å²) in [5, 5.41) is 3.03. The molecule has 216 valence electrons. The molecule has 1 fully saturated rings. The maximum Gasteiger partial charge on any atom is 0.340 e. The number of anilines is 2. The summed E-state index contributed by atoms with van der Waals surface area (Å²) in [6, 6.07) is 30.9. The van der Waals surface area contributed by atoms with Crippen molar-refractivity contribution in [3.05, 3.63) is 114 Å². The molecule has 0 aromatic heterocycles. The molecule has 1 aliphatic rings. The van der Waals surface area contributed by atoms with Crippen molar-refractivity contribution in [1.29, 1.82) is 0 Å². The van der Waals surface area contributed by atoms with E-state index in [1.807, 2.05) is 112 Å². The van der Waals surface area contributed by atoms with Crippen LogP contribution in [0.2, 0.25) is 0 Å². The van der Waals surface area contributed by atoms with Gasteiger partial charge in [0.05, 0.1) is 16.8 Å². The Morgan fingerprint density at radius 1 is 0.762 bits per heavy atom. The minimum Gasteiger partial charge on any atom is -0.488 e. The second kappa shape index (κ2) is 12.9. The molecule has 0 atom stereocenters. The lowest BCUT2D eigenvalue weighted by Crippen LogP contribution is -2.29. The van der Waals surface area contributed by atoms with Crippen LogP contribution in [0.3, 0.4) is 0 Å². The zero-order valence-electron chi connectivity index (χ0n) is 24.6. The van der Waals surface area contributed by atoms with E-state index < -0.39 is 11.6 Å². The van der Waals surface area contributed by atoms with Crippen molar-refractivity contribution in [2.24, 2.45) is 0 Å². The summed E-state index contributed by atoms with van der Waals surface area (Å²) in [6.07, 6.45) is 3.46. The van der Waals surface area contributed by atoms with Gasteiger partial charge in [-0.15, -0.1) is 0 Å². The number of carbonyl (C=O) groups is 2. The number of hydrogen-bond acceptors (Lipinski definition) is 5. The molecule has 42 heavy (non-hydrogen) atoms. The van der Waals surface area contributed by atoms with Crippen LogP contribution in [0.4, 0.5) is 11.4 Å². The van der Waals surface area contributed by atoms with E-state index in [2.05, 4.69) is 10.2 Å². The average molecular weight is 563 g/mol. The molecule has 1 heterocycles. The number of piperidine rings is 1. The van der Waals surface area contributed by atoms with Crippen LogP contribution in [0, 0.1) is 0 Å². The molecule has 0 radical (unpaired) electrons. The summed E-state index contributed by atoms with van der Waals surface area (Å²) in [5.41, 5.74) is 4.24. The van der Waals surface area contributed by atoms with Crippen molar-refractivity contribution in [3.63, 3.8) is 0 Å². The van der Waals surface area contributed by atoms with Crippen LogP contribution in [0.25, 0.3) is 11.1 Å². The molecular weight excluding hydrogens is 524 g/mol. The molecule has 4 aromatic carbocycles. The fourth-order valence-corrected chi connectivity index (χ4v) is 5.06. The summed E-state index contributed by atoms with van der Waals surface area (Å²) in [4.78, 5) is 29.6. The second-order valence-electron chi connectivity index (χ2n) is 11.6. The monoisotopic (exact) mass is 562 g/mol. The maximum atomic E-state index is 14.0. The van der Waals surface area contributed by atoms with Crippen LogP contribution < -0.4 is 15.0 Å². The van der Waals surface area contributed by atoms with Gasteiger partial charge in [0.15, 0.2) is 0 Å². The van der Waals surface area contributed by atoms with E-state index in [9.17, 15) is 9.59 Å². The first kappa shape index (κ1) is 28.9. The van der Waals surface area contributed by atoms with Crippen molar-refractivity contribution in [3.8, 4) is 16.9 Å². The molecule has 6 heteroatoms. The first-order valence-corrected chi connectivity index (χ1v) is 14.6. The lowest BCUT2D eigenvalue weighted by molar-refractivity contribution is 0.00707. The zero-order valence-corrected chi connectivity index (χ0v) is 24.6. The number of rotatable bonds is 8. The molecule has 4 aromatic rings. The van der Waals surface area contributed by atoms with Crippen LogP contribution in [0.1, 0.15) is 66.3 Å². The third-order valence-corrected chi connectivity index (χ3v) is 7.16. The molecule has 1 aliphatic heterocycles. The summed E-state index contributed by atoms with van der Waals surface area (Å²) >= 11 is 0. The molecule has 0 saturated carbocycles. The minimum absolute atomic E-state index is 0.289. The van der Waals surface area contributed by atoms with E-state index in [-0.39, 0.29) is 11.5 Å². The van der Waals surface area contributed by atoms with Gasteiger partial charge in [0.1, 0.15) is 18.0 Å². The molecule has 5 rings (SSSR count). The molecule has 6 nitrogen and oxygen atoms in total. The predicted octanol–water partition coefficient (Wildman–Crippen LogP) is 8.13. The van der Waals surface area contributed by atoms with Crippen LogP contribution in [-0.2, 0) is 11.3 Å². The average Bonchev–Trinajstić information content (AvgIpc) is 3.00. The van der Waals surface area contributed by atoms with Crippen molar-refractivity contribution in [2.75, 3.05) is 23.3 Å². The van der Waals surface area contributed by atoms with Gasteiger partial charge < -0.3 is 19.7 Å². The van der Waals surface area contributed by atoms with Gasteiger partial charge >= 0.3 is 5.97 Å². The number of nitrogens with one attached hydrogen (secondary N) is 1. The Bertz CT molecular complexity index is 1520. The first-order valence-electron chi connectivity index (χ1n) is 14.6. The molecule has 1 saturated heterocycles. The second-order valence-corrected chi connectivity index (χ2v) is 11.6. The number of carbonyl (C=O) groups excluding carboxylic acids is 2. The Morgan fingerprint density at radius 3 is 2.14 bits per heavy atom. The maximum absolute atomic E-state index is 14.0. The van der Waals surface area contributed by atoms with E-state index >= 15 is 0 Å². The lowest BCUT2D eigenvalue weighted by atomic mass is 10.0.